The SMILES string of the molecule is Cc1ccc(C=Cc2nc(SC(C)C(=O)N(C)Cc3ccccc3)n[nH]2)o1. The van der Waals surface area contributed by atoms with E-state index >= 15 is 0 Å². The van der Waals surface area contributed by atoms with Crippen LogP contribution in [0.1, 0.15) is 29.8 Å². The van der Waals surface area contributed by atoms with E-state index in [0.29, 0.717) is 17.5 Å². The minimum atomic E-state index is -0.279. The van der Waals surface area contributed by atoms with Crippen molar-refractivity contribution in [1.29, 1.82) is 0 Å². The summed E-state index contributed by atoms with van der Waals surface area (Å²) in [6.07, 6.45) is 3.62. The molecular formula is C20H22N4O2S. The van der Waals surface area contributed by atoms with Crippen molar-refractivity contribution >= 4 is 29.8 Å². The van der Waals surface area contributed by atoms with Gasteiger partial charge in [0.15, 0.2) is 0 Å². The largest absolute Gasteiger partial charge is 0.462 e. The molecule has 1 amide bonds. The number of aromatic nitrogens is 3. The lowest BCUT2D eigenvalue weighted by Crippen LogP contribution is -2.32. The number of carbonyl (C=O) groups excluding carboxylic acids is 1. The highest BCUT2D eigenvalue weighted by molar-refractivity contribution is 8.00. The van der Waals surface area contributed by atoms with Gasteiger partial charge in [-0.15, -0.1) is 5.10 Å². The number of benzene rings is 1. The molecule has 3 rings (SSSR count). The molecule has 0 fully saturated rings. The third-order valence-corrected chi connectivity index (χ3v) is 4.87. The van der Waals surface area contributed by atoms with Gasteiger partial charge >= 0.3 is 0 Å². The minimum absolute atomic E-state index is 0.0387. The number of amides is 1. The van der Waals surface area contributed by atoms with E-state index in [1.165, 1.54) is 11.8 Å². The van der Waals surface area contributed by atoms with Crippen molar-refractivity contribution in [2.75, 3.05) is 7.05 Å². The van der Waals surface area contributed by atoms with Crippen molar-refractivity contribution in [3.63, 3.8) is 0 Å². The first-order valence-corrected chi connectivity index (χ1v) is 9.51. The second-order valence-corrected chi connectivity index (χ2v) is 7.53. The molecule has 0 aliphatic rings. The number of hydrogen-bond donors (Lipinski definition) is 1. The molecule has 0 saturated heterocycles. The van der Waals surface area contributed by atoms with Crippen LogP contribution >= 0.6 is 11.8 Å². The highest BCUT2D eigenvalue weighted by Crippen LogP contribution is 2.21. The van der Waals surface area contributed by atoms with Crippen molar-refractivity contribution < 1.29 is 9.21 Å². The van der Waals surface area contributed by atoms with E-state index in [1.54, 1.807) is 11.0 Å². The molecule has 0 spiro atoms. The molecule has 140 valence electrons. The molecule has 2 aromatic heterocycles. The average molecular weight is 382 g/mol. The lowest BCUT2D eigenvalue weighted by Gasteiger charge is -2.20. The normalized spacial score (nSPS) is 12.4. The highest BCUT2D eigenvalue weighted by atomic mass is 32.2. The van der Waals surface area contributed by atoms with Gasteiger partial charge in [-0.1, -0.05) is 42.1 Å². The molecule has 0 bridgehead atoms. The molecule has 1 unspecified atom stereocenters. The van der Waals surface area contributed by atoms with Gasteiger partial charge < -0.3 is 9.32 Å². The third kappa shape index (κ3) is 5.34. The van der Waals surface area contributed by atoms with Gasteiger partial charge in [-0.2, -0.15) is 0 Å². The molecule has 1 aromatic carbocycles. The van der Waals surface area contributed by atoms with E-state index in [0.717, 1.165) is 17.1 Å². The zero-order valence-electron chi connectivity index (χ0n) is 15.5. The second-order valence-electron chi connectivity index (χ2n) is 6.22. The number of aryl methyl sites for hydroxylation is 1. The van der Waals surface area contributed by atoms with Crippen LogP contribution in [0.2, 0.25) is 0 Å². The molecule has 1 atom stereocenters. The Bertz CT molecular complexity index is 917. The maximum absolute atomic E-state index is 12.6. The zero-order valence-corrected chi connectivity index (χ0v) is 16.4. The summed E-state index contributed by atoms with van der Waals surface area (Å²) in [5.74, 6) is 2.26. The third-order valence-electron chi connectivity index (χ3n) is 3.92. The Labute approximate surface area is 162 Å². The lowest BCUT2D eigenvalue weighted by atomic mass is 10.2. The second kappa shape index (κ2) is 8.73. The monoisotopic (exact) mass is 382 g/mol. The van der Waals surface area contributed by atoms with Crippen LogP contribution in [0.3, 0.4) is 0 Å². The van der Waals surface area contributed by atoms with Crippen LogP contribution in [-0.2, 0) is 11.3 Å². The van der Waals surface area contributed by atoms with Crippen molar-refractivity contribution in [2.24, 2.45) is 0 Å². The molecule has 1 N–H and O–H groups in total. The van der Waals surface area contributed by atoms with Crippen molar-refractivity contribution in [1.82, 2.24) is 20.1 Å². The van der Waals surface area contributed by atoms with E-state index in [2.05, 4.69) is 15.2 Å². The number of rotatable bonds is 7. The van der Waals surface area contributed by atoms with Crippen LogP contribution in [0.5, 0.6) is 0 Å². The Hall–Kier alpha value is -2.80. The number of carbonyl (C=O) groups is 1. The Balaban J connectivity index is 1.55. The quantitative estimate of drug-likeness (QED) is 0.625. The van der Waals surface area contributed by atoms with Gasteiger partial charge in [-0.25, -0.2) is 4.98 Å². The number of furan rings is 1. The van der Waals surface area contributed by atoms with Crippen molar-refractivity contribution in [3.8, 4) is 0 Å². The van der Waals surface area contributed by atoms with Gasteiger partial charge in [0.1, 0.15) is 17.3 Å². The fourth-order valence-corrected chi connectivity index (χ4v) is 3.39. The van der Waals surface area contributed by atoms with E-state index < -0.39 is 0 Å². The number of aromatic amines is 1. The first-order chi connectivity index (χ1) is 13.0. The van der Waals surface area contributed by atoms with Crippen molar-refractivity contribution in [3.05, 3.63) is 65.4 Å². The summed E-state index contributed by atoms with van der Waals surface area (Å²) in [4.78, 5) is 18.7. The summed E-state index contributed by atoms with van der Waals surface area (Å²) in [6.45, 7) is 4.34. The highest BCUT2D eigenvalue weighted by Gasteiger charge is 2.20. The van der Waals surface area contributed by atoms with Crippen LogP contribution < -0.4 is 0 Å². The number of hydrogen-bond acceptors (Lipinski definition) is 5. The number of H-pyrrole nitrogens is 1. The van der Waals surface area contributed by atoms with Gasteiger partial charge in [0.2, 0.25) is 11.1 Å². The molecule has 2 heterocycles. The molecule has 0 aliphatic heterocycles. The molecule has 0 radical (unpaired) electrons. The van der Waals surface area contributed by atoms with Crippen molar-refractivity contribution in [2.45, 2.75) is 30.8 Å². The summed E-state index contributed by atoms with van der Waals surface area (Å²) in [5, 5.41) is 7.30. The molecular weight excluding hydrogens is 360 g/mol. The maximum atomic E-state index is 12.6. The van der Waals surface area contributed by atoms with E-state index in [4.69, 9.17) is 4.42 Å². The van der Waals surface area contributed by atoms with Gasteiger partial charge in [-0.3, -0.25) is 9.89 Å². The summed E-state index contributed by atoms with van der Waals surface area (Å²) in [5.41, 5.74) is 1.10. The summed E-state index contributed by atoms with van der Waals surface area (Å²) in [7, 11) is 1.81. The van der Waals surface area contributed by atoms with E-state index in [1.807, 2.05) is 69.4 Å². The van der Waals surface area contributed by atoms with E-state index in [9.17, 15) is 4.79 Å². The van der Waals surface area contributed by atoms with Gasteiger partial charge in [-0.05, 0) is 43.7 Å². The predicted octanol–water partition coefficient (Wildman–Crippen LogP) is 4.02. The average Bonchev–Trinajstić information content (AvgIpc) is 3.28. The minimum Gasteiger partial charge on any atom is -0.462 e. The molecule has 3 aromatic rings. The molecule has 7 heteroatoms. The van der Waals surface area contributed by atoms with Crippen LogP contribution in [0, 0.1) is 6.92 Å². The van der Waals surface area contributed by atoms with Crippen LogP contribution in [0.15, 0.2) is 52.0 Å². The molecule has 6 nitrogen and oxygen atoms in total. The van der Waals surface area contributed by atoms with Gasteiger partial charge in [0.05, 0.1) is 5.25 Å². The number of nitrogens with zero attached hydrogens (tertiary/aromatic N) is 3. The Morgan fingerprint density at radius 2 is 2.04 bits per heavy atom. The topological polar surface area (TPSA) is 75.0 Å². The van der Waals surface area contributed by atoms with Crippen LogP contribution in [-0.4, -0.2) is 38.3 Å². The Kier molecular flexibility index (Phi) is 6.13. The number of thioether (sulfide) groups is 1. The maximum Gasteiger partial charge on any atom is 0.235 e. The molecule has 0 saturated carbocycles. The first kappa shape index (κ1) is 19.0. The zero-order chi connectivity index (χ0) is 19.2. The number of nitrogens with one attached hydrogen (secondary N) is 1. The molecule has 0 aliphatic carbocycles. The van der Waals surface area contributed by atoms with E-state index in [-0.39, 0.29) is 11.2 Å². The predicted molar refractivity (Wildman–Crippen MR) is 107 cm³/mol. The Morgan fingerprint density at radius 1 is 1.26 bits per heavy atom. The lowest BCUT2D eigenvalue weighted by molar-refractivity contribution is -0.129. The first-order valence-electron chi connectivity index (χ1n) is 8.64. The summed E-state index contributed by atoms with van der Waals surface area (Å²) < 4.78 is 5.48. The van der Waals surface area contributed by atoms with Gasteiger partial charge in [0, 0.05) is 13.6 Å². The summed E-state index contributed by atoms with van der Waals surface area (Å²) in [6, 6.07) is 13.7. The Morgan fingerprint density at radius 3 is 2.74 bits per heavy atom. The fourth-order valence-electron chi connectivity index (χ4n) is 2.54. The van der Waals surface area contributed by atoms with Crippen LogP contribution in [0.25, 0.3) is 12.2 Å². The fraction of sp³-hybridized carbons (Fsp3) is 0.250. The van der Waals surface area contributed by atoms with Gasteiger partial charge in [0.25, 0.3) is 0 Å². The standard InChI is InChI=1S/C20H22N4O2S/c1-14-9-10-17(26-14)11-12-18-21-20(23-22-18)27-15(2)19(25)24(3)13-16-7-5-4-6-8-16/h4-12,15H,13H2,1-3H3,(H,21,22,23). The van der Waals surface area contributed by atoms with Crippen LogP contribution in [0.4, 0.5) is 0 Å². The molecule has 27 heavy (non-hydrogen) atoms. The smallest absolute Gasteiger partial charge is 0.235 e. The summed E-state index contributed by atoms with van der Waals surface area (Å²) >= 11 is 1.34.